The van der Waals surface area contributed by atoms with Gasteiger partial charge in [-0.25, -0.2) is 5.43 Å². The second-order valence-corrected chi connectivity index (χ2v) is 6.37. The monoisotopic (exact) mass is 397 g/mol. The molecule has 0 saturated heterocycles. The summed E-state index contributed by atoms with van der Waals surface area (Å²) in [5.74, 6) is -0.774. The molecule has 5 nitrogen and oxygen atoms in total. The minimum absolute atomic E-state index is 0.0121. The first-order chi connectivity index (χ1) is 11.9. The molecule has 2 aromatic rings. The molecule has 2 N–H and O–H groups in total. The van der Waals surface area contributed by atoms with Crippen LogP contribution in [0.3, 0.4) is 0 Å². The summed E-state index contributed by atoms with van der Waals surface area (Å²) < 4.78 is 0. The van der Waals surface area contributed by atoms with Gasteiger partial charge < -0.3 is 5.32 Å². The highest BCUT2D eigenvalue weighted by atomic mass is 35.5. The number of nitrogens with one attached hydrogen (secondary N) is 2. The average molecular weight is 399 g/mol. The van der Waals surface area contributed by atoms with E-state index in [1.54, 1.807) is 43.3 Å². The van der Waals surface area contributed by atoms with Gasteiger partial charge in [-0.05, 0) is 37.3 Å². The Hall–Kier alpha value is -2.08. The van der Waals surface area contributed by atoms with Gasteiger partial charge in [0.2, 0.25) is 5.91 Å². The van der Waals surface area contributed by atoms with E-state index in [-0.39, 0.29) is 12.3 Å². The van der Waals surface area contributed by atoms with Crippen molar-refractivity contribution in [2.75, 3.05) is 5.32 Å². The van der Waals surface area contributed by atoms with Gasteiger partial charge in [0.1, 0.15) is 0 Å². The van der Waals surface area contributed by atoms with E-state index < -0.39 is 5.91 Å². The number of carbonyl (C=O) groups is 2. The number of carbonyl (C=O) groups excluding carboxylic acids is 2. The Morgan fingerprint density at radius 2 is 1.76 bits per heavy atom. The molecular formula is C17H14Cl3N3O2. The molecule has 0 bridgehead atoms. The summed E-state index contributed by atoms with van der Waals surface area (Å²) in [6.07, 6.45) is -0.0121. The first-order valence-electron chi connectivity index (χ1n) is 7.19. The average Bonchev–Trinajstić information content (AvgIpc) is 2.55. The van der Waals surface area contributed by atoms with E-state index in [0.717, 1.165) is 0 Å². The fourth-order valence-corrected chi connectivity index (χ4v) is 2.59. The lowest BCUT2D eigenvalue weighted by atomic mass is 10.2. The third-order valence-corrected chi connectivity index (χ3v) is 3.97. The zero-order valence-corrected chi connectivity index (χ0v) is 15.4. The minimum Gasteiger partial charge on any atom is -0.324 e. The molecule has 0 aliphatic carbocycles. The molecule has 0 heterocycles. The number of rotatable bonds is 5. The van der Waals surface area contributed by atoms with Gasteiger partial charge in [-0.1, -0.05) is 46.9 Å². The van der Waals surface area contributed by atoms with Crippen LogP contribution in [0.4, 0.5) is 5.69 Å². The summed E-state index contributed by atoms with van der Waals surface area (Å²) in [6.45, 7) is 1.62. The highest BCUT2D eigenvalue weighted by Crippen LogP contribution is 2.25. The van der Waals surface area contributed by atoms with Crippen molar-refractivity contribution in [2.24, 2.45) is 5.10 Å². The Morgan fingerprint density at radius 3 is 2.44 bits per heavy atom. The normalized spacial score (nSPS) is 11.1. The van der Waals surface area contributed by atoms with Gasteiger partial charge in [-0.15, -0.1) is 0 Å². The van der Waals surface area contributed by atoms with E-state index in [4.69, 9.17) is 34.8 Å². The maximum absolute atomic E-state index is 12.0. The molecule has 130 valence electrons. The van der Waals surface area contributed by atoms with Crippen molar-refractivity contribution in [3.8, 4) is 0 Å². The van der Waals surface area contributed by atoms with Gasteiger partial charge in [0.25, 0.3) is 5.91 Å². The number of amides is 2. The van der Waals surface area contributed by atoms with Gasteiger partial charge in [0, 0.05) is 10.7 Å². The molecule has 0 aromatic heterocycles. The second kappa shape index (κ2) is 8.85. The molecule has 0 aliphatic heterocycles. The van der Waals surface area contributed by atoms with E-state index in [9.17, 15) is 9.59 Å². The number of halogens is 3. The summed E-state index contributed by atoms with van der Waals surface area (Å²) in [5, 5.41) is 7.69. The minimum atomic E-state index is -0.453. The van der Waals surface area contributed by atoms with Gasteiger partial charge >= 0.3 is 0 Å². The van der Waals surface area contributed by atoms with Gasteiger partial charge in [0.05, 0.1) is 27.7 Å². The number of hydrazone groups is 1. The Morgan fingerprint density at radius 1 is 1.04 bits per heavy atom. The Labute approximate surface area is 160 Å². The zero-order chi connectivity index (χ0) is 18.4. The second-order valence-electron chi connectivity index (χ2n) is 5.12. The standard InChI is InChI=1S/C17H14Cl3N3O2/c1-10(22-23-17(25)12-4-2-3-5-13(12)19)8-16(24)21-15-7-6-11(18)9-14(15)20/h2-7,9H,8H2,1H3,(H,21,24)(H,23,25). The first kappa shape index (κ1) is 19.2. The molecule has 25 heavy (non-hydrogen) atoms. The van der Waals surface area contributed by atoms with E-state index in [1.165, 1.54) is 6.07 Å². The van der Waals surface area contributed by atoms with Crippen LogP contribution in [-0.4, -0.2) is 17.5 Å². The Kier molecular flexibility index (Phi) is 6.82. The lowest BCUT2D eigenvalue weighted by Gasteiger charge is -2.08. The largest absolute Gasteiger partial charge is 0.324 e. The van der Waals surface area contributed by atoms with Crippen molar-refractivity contribution in [3.05, 3.63) is 63.1 Å². The van der Waals surface area contributed by atoms with E-state index in [1.807, 2.05) is 0 Å². The van der Waals surface area contributed by atoms with Gasteiger partial charge in [-0.3, -0.25) is 9.59 Å². The summed E-state index contributed by atoms with van der Waals surface area (Å²) >= 11 is 17.7. The fourth-order valence-electron chi connectivity index (χ4n) is 1.91. The van der Waals surface area contributed by atoms with Gasteiger partial charge in [-0.2, -0.15) is 5.10 Å². The van der Waals surface area contributed by atoms with Crippen LogP contribution in [0.25, 0.3) is 0 Å². The lowest BCUT2D eigenvalue weighted by molar-refractivity contribution is -0.115. The summed E-state index contributed by atoms with van der Waals surface area (Å²) in [7, 11) is 0. The smallest absolute Gasteiger partial charge is 0.272 e. The van der Waals surface area contributed by atoms with Crippen molar-refractivity contribution >= 4 is 58.0 Å². The van der Waals surface area contributed by atoms with Crippen LogP contribution in [-0.2, 0) is 4.79 Å². The van der Waals surface area contributed by atoms with Crippen LogP contribution in [0, 0.1) is 0 Å². The number of benzene rings is 2. The van der Waals surface area contributed by atoms with Crippen molar-refractivity contribution in [1.82, 2.24) is 5.43 Å². The van der Waals surface area contributed by atoms with Crippen LogP contribution in [0.1, 0.15) is 23.7 Å². The lowest BCUT2D eigenvalue weighted by Crippen LogP contribution is -2.21. The number of anilines is 1. The van der Waals surface area contributed by atoms with E-state index >= 15 is 0 Å². The summed E-state index contributed by atoms with van der Waals surface area (Å²) in [4.78, 5) is 24.0. The van der Waals surface area contributed by atoms with Crippen LogP contribution < -0.4 is 10.7 Å². The Balaban J connectivity index is 1.93. The van der Waals surface area contributed by atoms with Crippen molar-refractivity contribution in [2.45, 2.75) is 13.3 Å². The van der Waals surface area contributed by atoms with E-state index in [2.05, 4.69) is 15.8 Å². The maximum atomic E-state index is 12.0. The quantitative estimate of drug-likeness (QED) is 0.562. The fraction of sp³-hybridized carbons (Fsp3) is 0.118. The SMILES string of the molecule is CC(CC(=O)Nc1ccc(Cl)cc1Cl)=NNC(=O)c1ccccc1Cl. The topological polar surface area (TPSA) is 70.6 Å². The molecule has 0 unspecified atom stereocenters. The van der Waals surface area contributed by atoms with Crippen molar-refractivity contribution in [1.29, 1.82) is 0 Å². The van der Waals surface area contributed by atoms with Crippen molar-refractivity contribution < 1.29 is 9.59 Å². The van der Waals surface area contributed by atoms with Crippen molar-refractivity contribution in [3.63, 3.8) is 0 Å². The van der Waals surface area contributed by atoms with Gasteiger partial charge in [0.15, 0.2) is 0 Å². The third kappa shape index (κ3) is 5.74. The van der Waals surface area contributed by atoms with E-state index in [0.29, 0.717) is 32.0 Å². The molecule has 0 spiro atoms. The molecule has 2 rings (SSSR count). The molecule has 0 atom stereocenters. The molecule has 8 heteroatoms. The molecular weight excluding hydrogens is 385 g/mol. The molecule has 2 amide bonds. The number of nitrogens with zero attached hydrogens (tertiary/aromatic N) is 1. The number of hydrogen-bond donors (Lipinski definition) is 2. The molecule has 0 saturated carbocycles. The summed E-state index contributed by atoms with van der Waals surface area (Å²) in [5.41, 5.74) is 3.54. The Bertz CT molecular complexity index is 838. The molecule has 0 fully saturated rings. The maximum Gasteiger partial charge on any atom is 0.272 e. The first-order valence-corrected chi connectivity index (χ1v) is 8.33. The predicted molar refractivity (Wildman–Crippen MR) is 102 cm³/mol. The molecule has 0 aliphatic rings. The van der Waals surface area contributed by atoms with Crippen LogP contribution in [0.15, 0.2) is 47.6 Å². The van der Waals surface area contributed by atoms with Crippen LogP contribution >= 0.6 is 34.8 Å². The number of hydrogen-bond acceptors (Lipinski definition) is 3. The highest BCUT2D eigenvalue weighted by molar-refractivity contribution is 6.36. The third-order valence-electron chi connectivity index (χ3n) is 3.09. The zero-order valence-electron chi connectivity index (χ0n) is 13.1. The summed E-state index contributed by atoms with van der Waals surface area (Å²) in [6, 6.07) is 11.4. The predicted octanol–water partition coefficient (Wildman–Crippen LogP) is 4.78. The van der Waals surface area contributed by atoms with Crippen LogP contribution in [0.2, 0.25) is 15.1 Å². The van der Waals surface area contributed by atoms with Crippen LogP contribution in [0.5, 0.6) is 0 Å². The molecule has 2 aromatic carbocycles. The molecule has 0 radical (unpaired) electrons. The highest BCUT2D eigenvalue weighted by Gasteiger charge is 2.10.